The van der Waals surface area contributed by atoms with Crippen molar-refractivity contribution in [3.05, 3.63) is 78.4 Å². The van der Waals surface area contributed by atoms with Crippen molar-refractivity contribution in [2.75, 3.05) is 0 Å². The normalized spacial score (nSPS) is 11.5. The highest BCUT2D eigenvalue weighted by Crippen LogP contribution is 2.17. The molecular formula is C18H18N2O3. The molecule has 0 aliphatic carbocycles. The Bertz CT molecular complexity index is 684. The summed E-state index contributed by atoms with van der Waals surface area (Å²) in [5.74, 6) is -1.45. The van der Waals surface area contributed by atoms with Crippen LogP contribution in [0.3, 0.4) is 0 Å². The van der Waals surface area contributed by atoms with Gasteiger partial charge in [-0.25, -0.2) is 5.43 Å². The summed E-state index contributed by atoms with van der Waals surface area (Å²) in [6, 6.07) is 16.9. The highest BCUT2D eigenvalue weighted by atomic mass is 16.4. The molecule has 118 valence electrons. The van der Waals surface area contributed by atoms with Gasteiger partial charge in [0.2, 0.25) is 0 Å². The first-order chi connectivity index (χ1) is 11.1. The molecule has 23 heavy (non-hydrogen) atoms. The van der Waals surface area contributed by atoms with E-state index in [-0.39, 0.29) is 12.3 Å². The zero-order valence-electron chi connectivity index (χ0n) is 12.5. The largest absolute Gasteiger partial charge is 0.480 e. The van der Waals surface area contributed by atoms with Gasteiger partial charge in [0.25, 0.3) is 5.91 Å². The molecule has 0 heterocycles. The van der Waals surface area contributed by atoms with Crippen LogP contribution in [0, 0.1) is 0 Å². The Morgan fingerprint density at radius 3 is 2.00 bits per heavy atom. The number of carbonyl (C=O) groups is 2. The summed E-state index contributed by atoms with van der Waals surface area (Å²) in [5.41, 5.74) is 6.98. The fourth-order valence-corrected chi connectivity index (χ4v) is 2.05. The number of rotatable bonds is 7. The molecule has 1 atom stereocenters. The predicted octanol–water partition coefficient (Wildman–Crippen LogP) is 2.48. The minimum Gasteiger partial charge on any atom is -0.480 e. The van der Waals surface area contributed by atoms with Crippen LogP contribution in [0.25, 0.3) is 5.57 Å². The molecule has 0 spiro atoms. The van der Waals surface area contributed by atoms with Gasteiger partial charge >= 0.3 is 5.97 Å². The molecule has 0 saturated heterocycles. The van der Waals surface area contributed by atoms with Gasteiger partial charge in [0, 0.05) is 12.0 Å². The van der Waals surface area contributed by atoms with Gasteiger partial charge in [-0.15, -0.1) is 0 Å². The topological polar surface area (TPSA) is 78.4 Å². The van der Waals surface area contributed by atoms with Gasteiger partial charge in [0.1, 0.15) is 6.04 Å². The molecule has 5 heteroatoms. The molecule has 1 amide bonds. The predicted molar refractivity (Wildman–Crippen MR) is 88.6 cm³/mol. The summed E-state index contributed by atoms with van der Waals surface area (Å²) < 4.78 is 0. The SMILES string of the molecule is C=C(CC(NNC(=O)c1ccccc1)C(=O)O)c1ccccc1. The van der Waals surface area contributed by atoms with Crippen molar-refractivity contribution in [2.45, 2.75) is 12.5 Å². The van der Waals surface area contributed by atoms with Gasteiger partial charge in [-0.3, -0.25) is 15.0 Å². The van der Waals surface area contributed by atoms with Crippen LogP contribution in [0.4, 0.5) is 0 Å². The number of hydrogen-bond acceptors (Lipinski definition) is 3. The van der Waals surface area contributed by atoms with E-state index in [0.717, 1.165) is 5.56 Å². The second-order valence-corrected chi connectivity index (χ2v) is 5.03. The molecule has 0 fully saturated rings. The molecule has 0 aliphatic heterocycles. The third-order valence-electron chi connectivity index (χ3n) is 3.33. The smallest absolute Gasteiger partial charge is 0.322 e. The van der Waals surface area contributed by atoms with Crippen molar-refractivity contribution in [1.29, 1.82) is 0 Å². The molecule has 2 aromatic carbocycles. The Kier molecular flexibility index (Phi) is 5.66. The lowest BCUT2D eigenvalue weighted by Crippen LogP contribution is -2.48. The summed E-state index contributed by atoms with van der Waals surface area (Å²) in [7, 11) is 0. The van der Waals surface area contributed by atoms with E-state index in [1.807, 2.05) is 30.3 Å². The van der Waals surface area contributed by atoms with E-state index in [1.165, 1.54) is 0 Å². The maximum atomic E-state index is 11.9. The van der Waals surface area contributed by atoms with E-state index in [0.29, 0.717) is 11.1 Å². The number of nitrogens with one attached hydrogen (secondary N) is 2. The molecule has 0 saturated carbocycles. The van der Waals surface area contributed by atoms with Crippen molar-refractivity contribution in [3.63, 3.8) is 0 Å². The average molecular weight is 310 g/mol. The lowest BCUT2D eigenvalue weighted by molar-refractivity contribution is -0.139. The lowest BCUT2D eigenvalue weighted by Gasteiger charge is -2.16. The molecule has 2 rings (SSSR count). The summed E-state index contributed by atoms with van der Waals surface area (Å²) in [4.78, 5) is 23.3. The third-order valence-corrected chi connectivity index (χ3v) is 3.33. The van der Waals surface area contributed by atoms with Gasteiger partial charge < -0.3 is 5.11 Å². The fourth-order valence-electron chi connectivity index (χ4n) is 2.05. The van der Waals surface area contributed by atoms with Crippen molar-refractivity contribution >= 4 is 17.4 Å². The van der Waals surface area contributed by atoms with Crippen molar-refractivity contribution in [1.82, 2.24) is 10.9 Å². The molecule has 0 aromatic heterocycles. The molecule has 3 N–H and O–H groups in total. The molecule has 0 bridgehead atoms. The Balaban J connectivity index is 1.96. The van der Waals surface area contributed by atoms with Crippen LogP contribution >= 0.6 is 0 Å². The second-order valence-electron chi connectivity index (χ2n) is 5.03. The highest BCUT2D eigenvalue weighted by molar-refractivity contribution is 5.94. The molecule has 0 aliphatic rings. The van der Waals surface area contributed by atoms with Crippen LogP contribution in [0.15, 0.2) is 67.2 Å². The maximum Gasteiger partial charge on any atom is 0.322 e. The van der Waals surface area contributed by atoms with Crippen LogP contribution < -0.4 is 10.9 Å². The number of aliphatic carboxylic acids is 1. The van der Waals surface area contributed by atoms with Gasteiger partial charge in [-0.05, 0) is 23.3 Å². The van der Waals surface area contributed by atoms with Crippen molar-refractivity contribution in [3.8, 4) is 0 Å². The Hall–Kier alpha value is -2.92. The van der Waals surface area contributed by atoms with E-state index in [4.69, 9.17) is 0 Å². The number of benzene rings is 2. The van der Waals surface area contributed by atoms with E-state index in [9.17, 15) is 14.7 Å². The zero-order chi connectivity index (χ0) is 16.7. The number of carbonyl (C=O) groups excluding carboxylic acids is 1. The molecule has 2 aromatic rings. The molecular weight excluding hydrogens is 292 g/mol. The standard InChI is InChI=1S/C18H18N2O3/c1-13(14-8-4-2-5-9-14)12-16(18(22)23)19-20-17(21)15-10-6-3-7-11-15/h2-11,16,19H,1,12H2,(H,20,21)(H,22,23). The summed E-state index contributed by atoms with van der Waals surface area (Å²) in [5, 5.41) is 9.30. The van der Waals surface area contributed by atoms with E-state index < -0.39 is 12.0 Å². The summed E-state index contributed by atoms with van der Waals surface area (Å²) in [6.07, 6.45) is 0.175. The Morgan fingerprint density at radius 1 is 0.957 bits per heavy atom. The van der Waals surface area contributed by atoms with Crippen LogP contribution in [0.5, 0.6) is 0 Å². The number of amides is 1. The van der Waals surface area contributed by atoms with Crippen LogP contribution in [-0.4, -0.2) is 23.0 Å². The molecule has 1 unspecified atom stereocenters. The van der Waals surface area contributed by atoms with Crippen molar-refractivity contribution < 1.29 is 14.7 Å². The lowest BCUT2D eigenvalue weighted by atomic mass is 10.0. The quantitative estimate of drug-likeness (QED) is 0.687. The van der Waals surface area contributed by atoms with E-state index in [1.54, 1.807) is 30.3 Å². The Labute approximate surface area is 134 Å². The first kappa shape index (κ1) is 16.5. The maximum absolute atomic E-state index is 11.9. The monoisotopic (exact) mass is 310 g/mol. The second kappa shape index (κ2) is 7.91. The number of hydrogen-bond donors (Lipinski definition) is 3. The molecule has 0 radical (unpaired) electrons. The summed E-state index contributed by atoms with van der Waals surface area (Å²) >= 11 is 0. The van der Waals surface area contributed by atoms with E-state index >= 15 is 0 Å². The van der Waals surface area contributed by atoms with Gasteiger partial charge in [0.05, 0.1) is 0 Å². The number of carboxylic acid groups (broad SMARTS) is 1. The van der Waals surface area contributed by atoms with Crippen LogP contribution in [0.2, 0.25) is 0 Å². The van der Waals surface area contributed by atoms with Crippen LogP contribution in [0.1, 0.15) is 22.3 Å². The zero-order valence-corrected chi connectivity index (χ0v) is 12.5. The first-order valence-electron chi connectivity index (χ1n) is 7.15. The van der Waals surface area contributed by atoms with Gasteiger partial charge in [-0.1, -0.05) is 55.1 Å². The van der Waals surface area contributed by atoms with Crippen molar-refractivity contribution in [2.24, 2.45) is 0 Å². The number of hydrazine groups is 1. The average Bonchev–Trinajstić information content (AvgIpc) is 2.59. The minimum absolute atomic E-state index is 0.175. The third kappa shape index (κ3) is 4.79. The minimum atomic E-state index is -1.06. The Morgan fingerprint density at radius 2 is 1.48 bits per heavy atom. The highest BCUT2D eigenvalue weighted by Gasteiger charge is 2.19. The summed E-state index contributed by atoms with van der Waals surface area (Å²) in [6.45, 7) is 3.92. The first-order valence-corrected chi connectivity index (χ1v) is 7.15. The van der Waals surface area contributed by atoms with E-state index in [2.05, 4.69) is 17.4 Å². The van der Waals surface area contributed by atoms with Gasteiger partial charge in [-0.2, -0.15) is 0 Å². The number of carboxylic acids is 1. The fraction of sp³-hybridized carbons (Fsp3) is 0.111. The molecule has 5 nitrogen and oxygen atoms in total. The van der Waals surface area contributed by atoms with Crippen LogP contribution in [-0.2, 0) is 4.79 Å². The van der Waals surface area contributed by atoms with Gasteiger partial charge in [0.15, 0.2) is 0 Å².